The molecule has 4 nitrogen and oxygen atoms in total. The number of carbonyl (C=O) groups excluding carboxylic acids is 1. The van der Waals surface area contributed by atoms with Crippen LogP contribution in [-0.2, 0) is 9.59 Å². The molecule has 0 amide bonds. The van der Waals surface area contributed by atoms with Crippen LogP contribution in [0.15, 0.2) is 18.2 Å². The number of hydrogen-bond donors (Lipinski definition) is 1. The van der Waals surface area contributed by atoms with Crippen LogP contribution in [0.4, 0.5) is 8.78 Å². The molecule has 0 aliphatic carbocycles. The summed E-state index contributed by atoms with van der Waals surface area (Å²) in [5.41, 5.74) is 0. The first-order valence-corrected chi connectivity index (χ1v) is 4.36. The number of hydrogen-bond acceptors (Lipinski definition) is 3. The zero-order valence-corrected chi connectivity index (χ0v) is 8.07. The second kappa shape index (κ2) is 5.20. The smallest absolute Gasteiger partial charge is 0.311 e. The summed E-state index contributed by atoms with van der Waals surface area (Å²) in [6.07, 6.45) is -0.770. The third kappa shape index (κ3) is 3.64. The molecular formula is C10H8F2O4. The zero-order chi connectivity index (χ0) is 12.1. The van der Waals surface area contributed by atoms with E-state index in [0.717, 1.165) is 12.1 Å². The molecule has 0 atom stereocenters. The number of carbonyl (C=O) groups is 2. The summed E-state index contributed by atoms with van der Waals surface area (Å²) < 4.78 is 30.0. The Morgan fingerprint density at radius 3 is 2.50 bits per heavy atom. The van der Waals surface area contributed by atoms with E-state index in [2.05, 4.69) is 4.74 Å². The van der Waals surface area contributed by atoms with E-state index in [9.17, 15) is 18.4 Å². The Morgan fingerprint density at radius 1 is 1.25 bits per heavy atom. The summed E-state index contributed by atoms with van der Waals surface area (Å²) in [4.78, 5) is 21.1. The van der Waals surface area contributed by atoms with Gasteiger partial charge in [-0.25, -0.2) is 8.78 Å². The van der Waals surface area contributed by atoms with Gasteiger partial charge in [0.05, 0.1) is 12.8 Å². The number of aliphatic carboxylic acids is 1. The van der Waals surface area contributed by atoms with Crippen LogP contribution >= 0.6 is 0 Å². The Kier molecular flexibility index (Phi) is 3.93. The predicted octanol–water partition coefficient (Wildman–Crippen LogP) is 1.74. The van der Waals surface area contributed by atoms with Gasteiger partial charge >= 0.3 is 11.9 Å². The summed E-state index contributed by atoms with van der Waals surface area (Å²) in [6.45, 7) is 0. The third-order valence-corrected chi connectivity index (χ3v) is 1.66. The highest BCUT2D eigenvalue weighted by molar-refractivity contribution is 5.78. The van der Waals surface area contributed by atoms with Gasteiger partial charge in [-0.15, -0.1) is 0 Å². The molecule has 0 aliphatic heterocycles. The van der Waals surface area contributed by atoms with Gasteiger partial charge < -0.3 is 9.84 Å². The van der Waals surface area contributed by atoms with Gasteiger partial charge in [-0.3, -0.25) is 9.59 Å². The average Bonchev–Trinajstić information content (AvgIpc) is 2.19. The van der Waals surface area contributed by atoms with Crippen molar-refractivity contribution in [1.29, 1.82) is 0 Å². The Labute approximate surface area is 89.5 Å². The van der Waals surface area contributed by atoms with Crippen molar-refractivity contribution < 1.29 is 28.2 Å². The van der Waals surface area contributed by atoms with Crippen LogP contribution in [-0.4, -0.2) is 17.0 Å². The molecule has 1 N–H and O–H groups in total. The lowest BCUT2D eigenvalue weighted by atomic mass is 10.3. The Hall–Kier alpha value is -1.98. The lowest BCUT2D eigenvalue weighted by Gasteiger charge is -2.04. The molecule has 0 saturated carbocycles. The van der Waals surface area contributed by atoms with E-state index in [1.54, 1.807) is 0 Å². The fourth-order valence-corrected chi connectivity index (χ4v) is 0.941. The molecule has 86 valence electrons. The average molecular weight is 230 g/mol. The molecule has 0 spiro atoms. The van der Waals surface area contributed by atoms with Crippen molar-refractivity contribution >= 4 is 11.9 Å². The molecule has 0 aliphatic rings. The van der Waals surface area contributed by atoms with E-state index in [1.807, 2.05) is 0 Å². The topological polar surface area (TPSA) is 63.6 Å². The van der Waals surface area contributed by atoms with Crippen LogP contribution in [0, 0.1) is 11.6 Å². The Balaban J connectivity index is 2.59. The maximum Gasteiger partial charge on any atom is 0.311 e. The van der Waals surface area contributed by atoms with E-state index in [0.29, 0.717) is 6.07 Å². The van der Waals surface area contributed by atoms with Crippen LogP contribution < -0.4 is 4.74 Å². The third-order valence-electron chi connectivity index (χ3n) is 1.66. The molecule has 0 fully saturated rings. The van der Waals surface area contributed by atoms with Gasteiger partial charge in [0.25, 0.3) is 0 Å². The molecule has 0 bridgehead atoms. The summed E-state index contributed by atoms with van der Waals surface area (Å²) in [7, 11) is 0. The monoisotopic (exact) mass is 230 g/mol. The van der Waals surface area contributed by atoms with Gasteiger partial charge in [0.2, 0.25) is 0 Å². The van der Waals surface area contributed by atoms with Crippen LogP contribution in [0.25, 0.3) is 0 Å². The summed E-state index contributed by atoms with van der Waals surface area (Å²) >= 11 is 0. The van der Waals surface area contributed by atoms with Crippen LogP contribution in [0.3, 0.4) is 0 Å². The van der Waals surface area contributed by atoms with Crippen molar-refractivity contribution in [3.05, 3.63) is 29.8 Å². The number of carboxylic acid groups (broad SMARTS) is 1. The molecule has 0 unspecified atom stereocenters. The zero-order valence-electron chi connectivity index (χ0n) is 8.07. The maximum atomic E-state index is 13.0. The molecular weight excluding hydrogens is 222 g/mol. The standard InChI is InChI=1S/C10H8F2O4/c11-6-1-2-8(7(12)5-6)16-10(15)4-3-9(13)14/h1-2,5H,3-4H2,(H,13,14). The number of carboxylic acids is 1. The normalized spacial score (nSPS) is 9.88. The number of benzene rings is 1. The summed E-state index contributed by atoms with van der Waals surface area (Å²) in [5.74, 6) is -4.26. The second-order valence-electron chi connectivity index (χ2n) is 2.94. The van der Waals surface area contributed by atoms with Crippen molar-refractivity contribution in [1.82, 2.24) is 0 Å². The summed E-state index contributed by atoms with van der Waals surface area (Å²) in [5, 5.41) is 8.29. The minimum Gasteiger partial charge on any atom is -0.481 e. The summed E-state index contributed by atoms with van der Waals surface area (Å²) in [6, 6.07) is 2.46. The maximum absolute atomic E-state index is 13.0. The molecule has 1 aromatic carbocycles. The quantitative estimate of drug-likeness (QED) is 0.632. The molecule has 1 aromatic rings. The lowest BCUT2D eigenvalue weighted by Crippen LogP contribution is -2.11. The molecule has 0 saturated heterocycles. The number of rotatable bonds is 4. The second-order valence-corrected chi connectivity index (χ2v) is 2.94. The molecule has 1 rings (SSSR count). The van der Waals surface area contributed by atoms with Gasteiger partial charge in [0.1, 0.15) is 5.82 Å². The SMILES string of the molecule is O=C(O)CCC(=O)Oc1ccc(F)cc1F. The lowest BCUT2D eigenvalue weighted by molar-refractivity contribution is -0.142. The fourth-order valence-electron chi connectivity index (χ4n) is 0.941. The largest absolute Gasteiger partial charge is 0.481 e. The Bertz CT molecular complexity index is 417. The fraction of sp³-hybridized carbons (Fsp3) is 0.200. The number of ether oxygens (including phenoxy) is 1. The molecule has 0 radical (unpaired) electrons. The van der Waals surface area contributed by atoms with Gasteiger partial charge in [-0.05, 0) is 12.1 Å². The van der Waals surface area contributed by atoms with Gasteiger partial charge in [-0.2, -0.15) is 0 Å². The highest BCUT2D eigenvalue weighted by Gasteiger charge is 2.11. The van der Waals surface area contributed by atoms with Crippen LogP contribution in [0.2, 0.25) is 0 Å². The first kappa shape index (κ1) is 12.1. The minimum atomic E-state index is -1.16. The molecule has 0 aromatic heterocycles. The van der Waals surface area contributed by atoms with Gasteiger partial charge in [0.15, 0.2) is 11.6 Å². The van der Waals surface area contributed by atoms with Crippen molar-refractivity contribution in [2.45, 2.75) is 12.8 Å². The highest BCUT2D eigenvalue weighted by Crippen LogP contribution is 2.18. The number of halogens is 2. The van der Waals surface area contributed by atoms with E-state index in [4.69, 9.17) is 5.11 Å². The molecule has 6 heteroatoms. The predicted molar refractivity (Wildman–Crippen MR) is 48.9 cm³/mol. The minimum absolute atomic E-state index is 0.369. The number of esters is 1. The Morgan fingerprint density at radius 2 is 1.94 bits per heavy atom. The van der Waals surface area contributed by atoms with Crippen molar-refractivity contribution in [2.24, 2.45) is 0 Å². The van der Waals surface area contributed by atoms with Crippen molar-refractivity contribution in [3.63, 3.8) is 0 Å². The van der Waals surface area contributed by atoms with Crippen LogP contribution in [0.1, 0.15) is 12.8 Å². The first-order valence-electron chi connectivity index (χ1n) is 4.36. The van der Waals surface area contributed by atoms with E-state index in [-0.39, 0.29) is 6.42 Å². The first-order chi connectivity index (χ1) is 7.49. The molecule has 16 heavy (non-hydrogen) atoms. The van der Waals surface area contributed by atoms with Crippen LogP contribution in [0.5, 0.6) is 5.75 Å². The van der Waals surface area contributed by atoms with E-state index < -0.39 is 35.7 Å². The van der Waals surface area contributed by atoms with Gasteiger partial charge in [0, 0.05) is 6.07 Å². The van der Waals surface area contributed by atoms with E-state index in [1.165, 1.54) is 0 Å². The van der Waals surface area contributed by atoms with Crippen molar-refractivity contribution in [2.75, 3.05) is 0 Å². The molecule has 0 heterocycles. The van der Waals surface area contributed by atoms with Gasteiger partial charge in [-0.1, -0.05) is 0 Å². The van der Waals surface area contributed by atoms with E-state index >= 15 is 0 Å². The van der Waals surface area contributed by atoms with Crippen molar-refractivity contribution in [3.8, 4) is 5.75 Å². The highest BCUT2D eigenvalue weighted by atomic mass is 19.1.